The summed E-state index contributed by atoms with van der Waals surface area (Å²) in [6.07, 6.45) is -0.656. The van der Waals surface area contributed by atoms with Crippen LogP contribution in [-0.2, 0) is 19.9 Å². The number of aromatic nitrogens is 1. The largest absolute Gasteiger partial charge is 0.481 e. The van der Waals surface area contributed by atoms with Gasteiger partial charge in [-0.2, -0.15) is 0 Å². The van der Waals surface area contributed by atoms with Crippen molar-refractivity contribution in [2.45, 2.75) is 25.9 Å². The van der Waals surface area contributed by atoms with Gasteiger partial charge in [0.05, 0.1) is 0 Å². The Morgan fingerprint density at radius 1 is 1.12 bits per heavy atom. The topological polar surface area (TPSA) is 79.4 Å². The van der Waals surface area contributed by atoms with Crippen molar-refractivity contribution in [2.75, 3.05) is 0 Å². The van der Waals surface area contributed by atoms with E-state index in [-0.39, 0.29) is 0 Å². The van der Waals surface area contributed by atoms with Gasteiger partial charge in [0.15, 0.2) is 0 Å². The molecule has 0 radical (unpaired) electrons. The molecule has 3 rings (SSSR count). The maximum absolute atomic E-state index is 11.7. The molecule has 0 saturated carbocycles. The number of carbonyl (C=O) groups is 2. The zero-order valence-corrected chi connectivity index (χ0v) is 14.0. The molecule has 0 aliphatic rings. The normalized spacial score (nSPS) is 11.8. The van der Waals surface area contributed by atoms with Gasteiger partial charge in [0.2, 0.25) is 0 Å². The zero-order valence-electron chi connectivity index (χ0n) is 13.2. The highest BCUT2D eigenvalue weighted by Crippen LogP contribution is 2.32. The molecule has 1 aromatic heterocycles. The molecular formula is C18H16ClNO4. The number of hydrogen-bond donors (Lipinski definition) is 2. The number of aliphatic carboxylic acids is 1. The average Bonchev–Trinajstić information content (AvgIpc) is 2.82. The first-order valence-corrected chi connectivity index (χ1v) is 7.79. The predicted octanol–water partition coefficient (Wildman–Crippen LogP) is 4.23. The molecule has 0 atom stereocenters. The Morgan fingerprint density at radius 3 is 2.58 bits per heavy atom. The maximum atomic E-state index is 11.7. The van der Waals surface area contributed by atoms with Crippen molar-refractivity contribution in [1.29, 1.82) is 0 Å². The average molecular weight is 346 g/mol. The van der Waals surface area contributed by atoms with Crippen molar-refractivity contribution < 1.29 is 19.4 Å². The first kappa shape index (κ1) is 16.3. The molecule has 5 nitrogen and oxygen atoms in total. The van der Waals surface area contributed by atoms with Gasteiger partial charge in [-0.1, -0.05) is 23.7 Å². The first-order chi connectivity index (χ1) is 11.3. The number of rotatable bonds is 4. The number of carboxylic acid groups (broad SMARTS) is 1. The highest BCUT2D eigenvalue weighted by atomic mass is 35.5. The van der Waals surface area contributed by atoms with Crippen LogP contribution < -0.4 is 0 Å². The van der Waals surface area contributed by atoms with E-state index in [1.165, 1.54) is 0 Å². The van der Waals surface area contributed by atoms with Crippen LogP contribution in [0.3, 0.4) is 0 Å². The van der Waals surface area contributed by atoms with Crippen LogP contribution in [0, 0.1) is 0 Å². The van der Waals surface area contributed by atoms with Gasteiger partial charge in [0.1, 0.15) is 12.0 Å². The quantitative estimate of drug-likeness (QED) is 0.548. The van der Waals surface area contributed by atoms with E-state index in [0.717, 1.165) is 27.4 Å². The van der Waals surface area contributed by atoms with Gasteiger partial charge in [-0.25, -0.2) is 0 Å². The fourth-order valence-corrected chi connectivity index (χ4v) is 2.93. The van der Waals surface area contributed by atoms with E-state index in [4.69, 9.17) is 21.4 Å². The summed E-state index contributed by atoms with van der Waals surface area (Å²) in [5, 5.41) is 11.4. The van der Waals surface area contributed by atoms with Crippen LogP contribution in [0.25, 0.3) is 21.8 Å². The van der Waals surface area contributed by atoms with Gasteiger partial charge in [-0.15, -0.1) is 0 Å². The van der Waals surface area contributed by atoms with E-state index in [1.807, 2.05) is 36.4 Å². The van der Waals surface area contributed by atoms with Crippen LogP contribution in [0.2, 0.25) is 5.02 Å². The summed E-state index contributed by atoms with van der Waals surface area (Å²) in [7, 11) is 0. The summed E-state index contributed by atoms with van der Waals surface area (Å²) in [6.45, 7) is 3.46. The van der Waals surface area contributed by atoms with Crippen LogP contribution in [-0.4, -0.2) is 22.0 Å². The number of carbonyl (C=O) groups excluding carboxylic acids is 1. The smallest absolute Gasteiger partial charge is 0.318 e. The Hall–Kier alpha value is -2.53. The Labute approximate surface area is 143 Å². The van der Waals surface area contributed by atoms with Crippen molar-refractivity contribution in [3.05, 3.63) is 47.0 Å². The molecule has 0 spiro atoms. The molecule has 0 fully saturated rings. The molecule has 6 heteroatoms. The van der Waals surface area contributed by atoms with Gasteiger partial charge < -0.3 is 14.8 Å². The summed E-state index contributed by atoms with van der Waals surface area (Å²) in [5.74, 6) is -1.98. The minimum Gasteiger partial charge on any atom is -0.481 e. The molecule has 2 N–H and O–H groups in total. The van der Waals surface area contributed by atoms with E-state index < -0.39 is 24.0 Å². The fourth-order valence-electron chi connectivity index (χ4n) is 2.75. The van der Waals surface area contributed by atoms with Crippen molar-refractivity contribution in [3.63, 3.8) is 0 Å². The third-order valence-electron chi connectivity index (χ3n) is 3.92. The number of hydrogen-bond acceptors (Lipinski definition) is 3. The monoisotopic (exact) mass is 345 g/mol. The SMILES string of the molecule is CC(C)(OC(=O)CC(=O)O)c1ccc2c(c1)[nH]c1ccc(Cl)cc12. The number of H-pyrrole nitrogens is 1. The first-order valence-electron chi connectivity index (χ1n) is 7.41. The summed E-state index contributed by atoms with van der Waals surface area (Å²) in [4.78, 5) is 25.6. The molecule has 3 aromatic rings. The Balaban J connectivity index is 1.99. The minimum atomic E-state index is -1.21. The molecule has 24 heavy (non-hydrogen) atoms. The number of nitrogens with one attached hydrogen (secondary N) is 1. The van der Waals surface area contributed by atoms with Crippen LogP contribution in [0.5, 0.6) is 0 Å². The number of halogens is 1. The number of fused-ring (bicyclic) bond motifs is 3. The van der Waals surface area contributed by atoms with Crippen LogP contribution in [0.4, 0.5) is 0 Å². The van der Waals surface area contributed by atoms with E-state index in [0.29, 0.717) is 5.02 Å². The maximum Gasteiger partial charge on any atom is 0.318 e. The minimum absolute atomic E-state index is 0.656. The van der Waals surface area contributed by atoms with Gasteiger partial charge in [-0.3, -0.25) is 9.59 Å². The molecule has 0 amide bonds. The molecule has 124 valence electrons. The number of aromatic amines is 1. The number of benzene rings is 2. The lowest BCUT2D eigenvalue weighted by Crippen LogP contribution is -2.26. The van der Waals surface area contributed by atoms with Gasteiger partial charge in [0.25, 0.3) is 0 Å². The lowest BCUT2D eigenvalue weighted by molar-refractivity contribution is -0.161. The second kappa shape index (κ2) is 5.83. The Morgan fingerprint density at radius 2 is 1.88 bits per heavy atom. The Kier molecular flexibility index (Phi) is 3.97. The molecule has 0 bridgehead atoms. The fraction of sp³-hybridized carbons (Fsp3) is 0.222. The molecular weight excluding hydrogens is 330 g/mol. The van der Waals surface area contributed by atoms with Crippen LogP contribution >= 0.6 is 11.6 Å². The lowest BCUT2D eigenvalue weighted by Gasteiger charge is -2.25. The van der Waals surface area contributed by atoms with E-state index >= 15 is 0 Å². The second-order valence-electron chi connectivity index (χ2n) is 6.13. The Bertz CT molecular complexity index is 958. The highest BCUT2D eigenvalue weighted by molar-refractivity contribution is 6.31. The van der Waals surface area contributed by atoms with Crippen LogP contribution in [0.15, 0.2) is 36.4 Å². The van der Waals surface area contributed by atoms with E-state index in [9.17, 15) is 9.59 Å². The lowest BCUT2D eigenvalue weighted by atomic mass is 9.96. The second-order valence-corrected chi connectivity index (χ2v) is 6.57. The number of carboxylic acids is 1. The molecule has 1 heterocycles. The molecule has 0 aliphatic carbocycles. The highest BCUT2D eigenvalue weighted by Gasteiger charge is 2.27. The van der Waals surface area contributed by atoms with Crippen molar-refractivity contribution in [1.82, 2.24) is 4.98 Å². The summed E-state index contributed by atoms with van der Waals surface area (Å²) in [6, 6.07) is 11.3. The molecule has 0 aliphatic heterocycles. The van der Waals surface area contributed by atoms with Gasteiger partial charge in [-0.05, 0) is 43.7 Å². The standard InChI is InChI=1S/C18H16ClNO4/c1-18(2,24-17(23)9-16(21)22)10-3-5-12-13-8-11(19)4-6-14(13)20-15(12)7-10/h3-8,20H,9H2,1-2H3,(H,21,22). The zero-order chi connectivity index (χ0) is 17.5. The van der Waals surface area contributed by atoms with Gasteiger partial charge >= 0.3 is 11.9 Å². The van der Waals surface area contributed by atoms with Crippen LogP contribution in [0.1, 0.15) is 25.8 Å². The number of ether oxygens (including phenoxy) is 1. The van der Waals surface area contributed by atoms with Crippen molar-refractivity contribution in [3.8, 4) is 0 Å². The number of esters is 1. The van der Waals surface area contributed by atoms with Gasteiger partial charge in [0, 0.05) is 26.8 Å². The summed E-state index contributed by atoms with van der Waals surface area (Å²) >= 11 is 6.06. The molecule has 2 aromatic carbocycles. The summed E-state index contributed by atoms with van der Waals surface area (Å²) < 4.78 is 5.32. The van der Waals surface area contributed by atoms with Crippen molar-refractivity contribution in [2.24, 2.45) is 0 Å². The third-order valence-corrected chi connectivity index (χ3v) is 4.16. The van der Waals surface area contributed by atoms with Crippen molar-refractivity contribution >= 4 is 45.3 Å². The molecule has 0 saturated heterocycles. The van der Waals surface area contributed by atoms with E-state index in [2.05, 4.69) is 4.98 Å². The third kappa shape index (κ3) is 3.08. The molecule has 0 unspecified atom stereocenters. The predicted molar refractivity (Wildman–Crippen MR) is 92.2 cm³/mol. The van der Waals surface area contributed by atoms with E-state index in [1.54, 1.807) is 13.8 Å². The summed E-state index contributed by atoms with van der Waals surface area (Å²) in [5.41, 5.74) is 1.70.